The first-order chi connectivity index (χ1) is 12.5. The topological polar surface area (TPSA) is 118 Å². The number of hydrogen-bond donors (Lipinski definition) is 4. The molecule has 4 N–H and O–H groups in total. The van der Waals surface area contributed by atoms with Crippen molar-refractivity contribution < 1.29 is 39.4 Å². The lowest BCUT2D eigenvalue weighted by molar-refractivity contribution is -0.301. The predicted octanol–water partition coefficient (Wildman–Crippen LogP) is -0.157. The second kappa shape index (κ2) is 10.1. The quantitative estimate of drug-likeness (QED) is 0.442. The molecule has 0 aliphatic carbocycles. The van der Waals surface area contributed by atoms with Gasteiger partial charge in [0, 0.05) is 12.7 Å². The van der Waals surface area contributed by atoms with Crippen LogP contribution in [0, 0.1) is 0 Å². The lowest BCUT2D eigenvalue weighted by Crippen LogP contribution is -2.59. The van der Waals surface area contributed by atoms with Crippen LogP contribution in [0.3, 0.4) is 0 Å². The minimum Gasteiger partial charge on any atom is -0.497 e. The third kappa shape index (κ3) is 5.29. The third-order valence-electron chi connectivity index (χ3n) is 4.40. The monoisotopic (exact) mass is 372 g/mol. The number of ether oxygens (including phenoxy) is 4. The summed E-state index contributed by atoms with van der Waals surface area (Å²) in [5, 5.41) is 38.5. The van der Waals surface area contributed by atoms with Gasteiger partial charge in [-0.1, -0.05) is 0 Å². The molecule has 0 radical (unpaired) electrons. The summed E-state index contributed by atoms with van der Waals surface area (Å²) in [7, 11) is 3.21. The highest BCUT2D eigenvalue weighted by Gasteiger charge is 2.43. The van der Waals surface area contributed by atoms with Crippen LogP contribution in [0.25, 0.3) is 0 Å². The molecule has 2 rings (SSSR count). The van der Waals surface area contributed by atoms with Crippen molar-refractivity contribution in [1.82, 2.24) is 0 Å². The van der Waals surface area contributed by atoms with Gasteiger partial charge in [-0.25, -0.2) is 0 Å². The average molecular weight is 372 g/mol. The number of hydrogen-bond acceptors (Lipinski definition) is 8. The molecular formula is C18H28O8. The van der Waals surface area contributed by atoms with Crippen molar-refractivity contribution in [3.05, 3.63) is 23.8 Å². The molecule has 1 aliphatic heterocycles. The Morgan fingerprint density at radius 2 is 1.58 bits per heavy atom. The Hall–Kier alpha value is -1.42. The lowest BCUT2D eigenvalue weighted by atomic mass is 9.99. The Morgan fingerprint density at radius 3 is 2.15 bits per heavy atom. The molecule has 148 valence electrons. The molecule has 1 aromatic carbocycles. The molecule has 5 atom stereocenters. The Labute approximate surface area is 152 Å². The van der Waals surface area contributed by atoms with Gasteiger partial charge in [0.2, 0.25) is 0 Å². The highest BCUT2D eigenvalue weighted by molar-refractivity contribution is 5.38. The maximum atomic E-state index is 9.90. The van der Waals surface area contributed by atoms with Gasteiger partial charge in [-0.15, -0.1) is 0 Å². The second-order valence-electron chi connectivity index (χ2n) is 6.25. The standard InChI is InChI=1S/C18H28O8/c1-23-12-7-11(8-13(9-12)24-2)5-3-4-6-25-18-17(22)16(21)15(20)14(10-19)26-18/h7-9,14-22H,3-6,10H2,1-2H3/t14-,15-,16+,17-,18-/m1/s1. The van der Waals surface area contributed by atoms with Crippen LogP contribution < -0.4 is 9.47 Å². The van der Waals surface area contributed by atoms with Gasteiger partial charge >= 0.3 is 0 Å². The van der Waals surface area contributed by atoms with E-state index in [-0.39, 0.29) is 0 Å². The molecule has 0 aromatic heterocycles. The minimum atomic E-state index is -1.42. The highest BCUT2D eigenvalue weighted by Crippen LogP contribution is 2.24. The fourth-order valence-electron chi connectivity index (χ4n) is 2.85. The first-order valence-electron chi connectivity index (χ1n) is 8.64. The predicted molar refractivity (Wildman–Crippen MR) is 92.2 cm³/mol. The van der Waals surface area contributed by atoms with Gasteiger partial charge in [0.05, 0.1) is 20.8 Å². The normalized spacial score (nSPS) is 28.8. The van der Waals surface area contributed by atoms with Crippen LogP contribution in [-0.4, -0.2) is 78.6 Å². The number of methoxy groups -OCH3 is 2. The van der Waals surface area contributed by atoms with E-state index < -0.39 is 37.3 Å². The first-order valence-corrected chi connectivity index (χ1v) is 8.64. The van der Waals surface area contributed by atoms with Gasteiger partial charge in [-0.05, 0) is 37.0 Å². The molecule has 1 aromatic rings. The van der Waals surface area contributed by atoms with Crippen molar-refractivity contribution in [3.8, 4) is 11.5 Å². The maximum Gasteiger partial charge on any atom is 0.186 e. The zero-order valence-electron chi connectivity index (χ0n) is 15.1. The molecule has 0 saturated carbocycles. The average Bonchev–Trinajstić information content (AvgIpc) is 2.67. The van der Waals surface area contributed by atoms with E-state index >= 15 is 0 Å². The van der Waals surface area contributed by atoms with Crippen molar-refractivity contribution in [2.24, 2.45) is 0 Å². The molecule has 0 spiro atoms. The summed E-state index contributed by atoms with van der Waals surface area (Å²) < 4.78 is 21.2. The van der Waals surface area contributed by atoms with E-state index in [4.69, 9.17) is 24.1 Å². The third-order valence-corrected chi connectivity index (χ3v) is 4.40. The van der Waals surface area contributed by atoms with E-state index in [1.165, 1.54) is 0 Å². The first kappa shape index (κ1) is 20.9. The van der Waals surface area contributed by atoms with E-state index in [0.717, 1.165) is 29.9 Å². The molecule has 8 heteroatoms. The largest absolute Gasteiger partial charge is 0.497 e. The minimum absolute atomic E-state index is 0.309. The van der Waals surface area contributed by atoms with Crippen LogP contribution >= 0.6 is 0 Å². The summed E-state index contributed by atoms with van der Waals surface area (Å²) in [5.41, 5.74) is 1.08. The summed E-state index contributed by atoms with van der Waals surface area (Å²) in [6.07, 6.45) is -3.87. The van der Waals surface area contributed by atoms with Gasteiger partial charge in [0.15, 0.2) is 6.29 Å². The van der Waals surface area contributed by atoms with Gasteiger partial charge < -0.3 is 39.4 Å². The maximum absolute atomic E-state index is 9.90. The Kier molecular flexibility index (Phi) is 8.08. The van der Waals surface area contributed by atoms with E-state index in [1.54, 1.807) is 14.2 Å². The van der Waals surface area contributed by atoms with Crippen molar-refractivity contribution in [2.45, 2.75) is 50.0 Å². The SMILES string of the molecule is COc1cc(CCCCO[C@@H]2O[C@H](CO)[C@@H](O)[C@H](O)[C@H]2O)cc(OC)c1. The zero-order chi connectivity index (χ0) is 19.1. The number of benzene rings is 1. The summed E-state index contributed by atoms with van der Waals surface area (Å²) >= 11 is 0. The van der Waals surface area contributed by atoms with Crippen LogP contribution in [0.4, 0.5) is 0 Å². The molecule has 0 unspecified atom stereocenters. The number of aliphatic hydroxyl groups excluding tert-OH is 4. The molecule has 0 bridgehead atoms. The Morgan fingerprint density at radius 1 is 0.923 bits per heavy atom. The van der Waals surface area contributed by atoms with E-state index in [0.29, 0.717) is 13.0 Å². The number of aryl methyl sites for hydroxylation is 1. The fraction of sp³-hybridized carbons (Fsp3) is 0.667. The highest BCUT2D eigenvalue weighted by atomic mass is 16.7. The molecule has 1 heterocycles. The van der Waals surface area contributed by atoms with Crippen LogP contribution in [0.2, 0.25) is 0 Å². The van der Waals surface area contributed by atoms with Crippen molar-refractivity contribution in [3.63, 3.8) is 0 Å². The van der Waals surface area contributed by atoms with Crippen LogP contribution in [0.1, 0.15) is 18.4 Å². The Bertz CT molecular complexity index is 528. The number of unbranched alkanes of at least 4 members (excludes halogenated alkanes) is 1. The lowest BCUT2D eigenvalue weighted by Gasteiger charge is -2.39. The molecule has 26 heavy (non-hydrogen) atoms. The number of rotatable bonds is 9. The summed E-state index contributed by atoms with van der Waals surface area (Å²) in [4.78, 5) is 0. The van der Waals surface area contributed by atoms with Gasteiger partial charge in [-0.2, -0.15) is 0 Å². The second-order valence-corrected chi connectivity index (χ2v) is 6.25. The molecule has 1 aliphatic rings. The van der Waals surface area contributed by atoms with Crippen LogP contribution in [0.5, 0.6) is 11.5 Å². The molecule has 1 saturated heterocycles. The molecule has 1 fully saturated rings. The Balaban J connectivity index is 1.77. The van der Waals surface area contributed by atoms with E-state index in [9.17, 15) is 15.3 Å². The zero-order valence-corrected chi connectivity index (χ0v) is 15.1. The molecular weight excluding hydrogens is 344 g/mol. The van der Waals surface area contributed by atoms with Crippen molar-refractivity contribution in [1.29, 1.82) is 0 Å². The molecule has 0 amide bonds. The number of aliphatic hydroxyl groups is 4. The van der Waals surface area contributed by atoms with E-state index in [2.05, 4.69) is 0 Å². The van der Waals surface area contributed by atoms with Gasteiger partial charge in [-0.3, -0.25) is 0 Å². The molecule has 8 nitrogen and oxygen atoms in total. The summed E-state index contributed by atoms with van der Waals surface area (Å²) in [6, 6.07) is 5.70. The summed E-state index contributed by atoms with van der Waals surface area (Å²) in [5.74, 6) is 1.47. The van der Waals surface area contributed by atoms with Crippen molar-refractivity contribution >= 4 is 0 Å². The van der Waals surface area contributed by atoms with Gasteiger partial charge in [0.25, 0.3) is 0 Å². The van der Waals surface area contributed by atoms with Gasteiger partial charge in [0.1, 0.15) is 35.9 Å². The summed E-state index contributed by atoms with van der Waals surface area (Å²) in [6.45, 7) is -0.160. The van der Waals surface area contributed by atoms with Crippen LogP contribution in [0.15, 0.2) is 18.2 Å². The fourth-order valence-corrected chi connectivity index (χ4v) is 2.85. The smallest absolute Gasteiger partial charge is 0.186 e. The van der Waals surface area contributed by atoms with E-state index in [1.807, 2.05) is 18.2 Å². The van der Waals surface area contributed by atoms with Crippen LogP contribution in [-0.2, 0) is 15.9 Å². The van der Waals surface area contributed by atoms with Crippen molar-refractivity contribution in [2.75, 3.05) is 27.4 Å².